The Morgan fingerprint density at radius 1 is 0.504 bits per heavy atom. The topological polar surface area (TPSA) is 784 Å². The van der Waals surface area contributed by atoms with Gasteiger partial charge in [0.05, 0.1) is 32.7 Å². The summed E-state index contributed by atoms with van der Waals surface area (Å²) in [6.07, 6.45) is -2.58. The van der Waals surface area contributed by atoms with Crippen LogP contribution in [0.25, 0.3) is 0 Å². The van der Waals surface area contributed by atoms with Crippen molar-refractivity contribution in [3.05, 3.63) is 29.8 Å². The van der Waals surface area contributed by atoms with Crippen molar-refractivity contribution in [3.63, 3.8) is 0 Å². The Balaban J connectivity index is 1.94. The van der Waals surface area contributed by atoms with Crippen LogP contribution in [0.2, 0.25) is 0 Å². The first-order valence-corrected chi connectivity index (χ1v) is 41.4. The maximum atomic E-state index is 15.2. The molecule has 0 aliphatic carbocycles. The van der Waals surface area contributed by atoms with E-state index in [9.17, 15) is 87.2 Å². The number of phenolic OH excluding ortho intramolecular Hbond substituents is 1. The summed E-state index contributed by atoms with van der Waals surface area (Å²) in [7, 11) is 3.01. The zero-order valence-electron chi connectivity index (χ0n) is 63.6. The number of nitrogens with two attached hydrogens (primary N) is 4. The maximum absolute atomic E-state index is 15.2. The van der Waals surface area contributed by atoms with Crippen LogP contribution in [0.5, 0.6) is 5.75 Å². The molecule has 3 aliphatic heterocycles. The lowest BCUT2D eigenvalue weighted by Gasteiger charge is -2.31. The Labute approximate surface area is 684 Å². The summed E-state index contributed by atoms with van der Waals surface area (Å²) in [5.74, 6) is -23.9. The lowest BCUT2D eigenvalue weighted by molar-refractivity contribution is -0.146. The van der Waals surface area contributed by atoms with Crippen LogP contribution in [0.1, 0.15) is 77.2 Å². The molecule has 13 atom stereocenters. The predicted octanol–water partition coefficient (Wildman–Crippen LogP) is -11.8. The first-order chi connectivity index (χ1) is 55.4. The third-order valence-electron chi connectivity index (χ3n) is 17.2. The number of aliphatic hydroxyl groups is 1. The third kappa shape index (κ3) is 36.1. The number of amides is 16. The van der Waals surface area contributed by atoms with E-state index in [1.807, 2.05) is 5.32 Å². The number of aromatic hydroxyl groups is 1. The van der Waals surface area contributed by atoms with Crippen molar-refractivity contribution in [1.82, 2.24) is 101 Å². The van der Waals surface area contributed by atoms with Gasteiger partial charge < -0.3 is 144 Å². The molecule has 0 spiro atoms. The smallest absolute Gasteiger partial charge is 0.322 e. The van der Waals surface area contributed by atoms with Gasteiger partial charge in [-0.1, -0.05) is 55.3 Å². The molecule has 0 saturated carbocycles. The van der Waals surface area contributed by atoms with Crippen molar-refractivity contribution in [1.29, 1.82) is 16.2 Å². The molecular formula is C65H102N26O22S4. The Bertz CT molecular complexity index is 3760. The molecule has 2 bridgehead atoms. The molecule has 3 fully saturated rings. The molecule has 117 heavy (non-hydrogen) atoms. The lowest BCUT2D eigenvalue weighted by atomic mass is 10.0. The van der Waals surface area contributed by atoms with E-state index in [0.717, 1.165) is 48.1 Å². The monoisotopic (exact) mass is 1730 g/mol. The van der Waals surface area contributed by atoms with Gasteiger partial charge in [0, 0.05) is 55.6 Å². The van der Waals surface area contributed by atoms with Crippen LogP contribution in [-0.4, -0.2) is 310 Å². The van der Waals surface area contributed by atoms with Crippen LogP contribution in [0.4, 0.5) is 0 Å². The van der Waals surface area contributed by atoms with Crippen LogP contribution >= 0.6 is 43.2 Å². The van der Waals surface area contributed by atoms with Crippen LogP contribution in [0, 0.1) is 16.2 Å². The summed E-state index contributed by atoms with van der Waals surface area (Å²) in [4.78, 5) is 251. The van der Waals surface area contributed by atoms with E-state index < -0.39 is 272 Å². The van der Waals surface area contributed by atoms with Gasteiger partial charge in [0.1, 0.15) is 90.8 Å². The summed E-state index contributed by atoms with van der Waals surface area (Å²) in [5, 5.41) is 107. The van der Waals surface area contributed by atoms with Gasteiger partial charge in [-0.2, -0.15) is 0 Å². The van der Waals surface area contributed by atoms with Gasteiger partial charge in [0.2, 0.25) is 94.5 Å². The van der Waals surface area contributed by atoms with Crippen molar-refractivity contribution in [2.24, 2.45) is 22.9 Å². The second kappa shape index (κ2) is 50.8. The van der Waals surface area contributed by atoms with E-state index >= 15 is 14.4 Å². The van der Waals surface area contributed by atoms with E-state index in [1.54, 1.807) is 0 Å². The molecule has 1 aromatic rings. The van der Waals surface area contributed by atoms with Crippen molar-refractivity contribution in [2.75, 3.05) is 82.0 Å². The van der Waals surface area contributed by atoms with Crippen LogP contribution < -0.4 is 119 Å². The number of fused-ring (bicyclic) bond motifs is 6. The molecule has 0 unspecified atom stereocenters. The summed E-state index contributed by atoms with van der Waals surface area (Å²) < 4.78 is 0. The number of carbonyl (C=O) groups is 18. The molecule has 648 valence electrons. The van der Waals surface area contributed by atoms with Crippen LogP contribution in [0.15, 0.2) is 24.3 Å². The molecule has 16 amide bonds. The molecule has 0 radical (unpaired) electrons. The average Bonchev–Trinajstić information content (AvgIpc) is 1.74. The Hall–Kier alpha value is -11.4. The van der Waals surface area contributed by atoms with Crippen molar-refractivity contribution in [3.8, 4) is 5.75 Å². The zero-order chi connectivity index (χ0) is 87.0. The number of benzene rings is 1. The number of carbonyl (C=O) groups excluding carboxylic acids is 16. The van der Waals surface area contributed by atoms with Crippen LogP contribution in [-0.2, 0) is 92.7 Å². The normalized spacial score (nSPS) is 23.0. The van der Waals surface area contributed by atoms with Gasteiger partial charge in [0.25, 0.3) is 0 Å². The van der Waals surface area contributed by atoms with Crippen molar-refractivity contribution >= 4 is 168 Å². The maximum Gasteiger partial charge on any atom is 0.322 e. The van der Waals surface area contributed by atoms with Gasteiger partial charge >= 0.3 is 11.9 Å². The summed E-state index contributed by atoms with van der Waals surface area (Å²) >= 11 is 0. The standard InChI is InChI=1S/C65H102N26O22S4/c1-30(50(101)77-22-46(95)76-24-49(99)100)80-51(102)31(2)79-47(96)23-78-52(103)40-26-114-115-27-41(81-45(94)21-66)58(109)90-43-29-117-116-28-42(89-55(106)36(9-5-17-75-65(71)72)84-61(112)44-10-6-18-91(44)62(113)38(20-48(97)98)86-57(108)39(25-92)87-60(43)111)59(110)83-34(7-3-15-73-63(67)68)53(104)85-37(19-32-11-13-33(93)14-12-32)56(107)82-35(54(105)88-40)8-4-16-74-64(69)70/h11-14,30-31,34-44,92-93H,3-10,15-29,66H2,1-2H3,(H,76,95)(H,77,101)(H,78,103)(H,79,96)(H,80,102)(H,81,94)(H,82,107)(H,83,110)(H,84,112)(H,85,104)(H,86,108)(H,87,111)(H,88,105)(H,89,106)(H,90,109)(H,97,98)(H,99,100)(H4,67,68,73)(H4,69,70,74)(H4,71,72,75)/t30-,31-,34-,35-,36-,37-,38-,39-,40-,41-,42-,43-,44-/m0/s1. The summed E-state index contributed by atoms with van der Waals surface area (Å²) in [6, 6.07) is -16.7. The van der Waals surface area contributed by atoms with Crippen LogP contribution in [0.3, 0.4) is 0 Å². The van der Waals surface area contributed by atoms with Crippen molar-refractivity contribution in [2.45, 2.75) is 157 Å². The van der Waals surface area contributed by atoms with E-state index in [1.165, 1.54) is 38.1 Å². The largest absolute Gasteiger partial charge is 0.508 e. The predicted molar refractivity (Wildman–Crippen MR) is 423 cm³/mol. The first kappa shape index (κ1) is 98.0. The van der Waals surface area contributed by atoms with Gasteiger partial charge in [-0.15, -0.1) is 0 Å². The van der Waals surface area contributed by atoms with E-state index in [2.05, 4.69) is 90.4 Å². The highest BCUT2D eigenvalue weighted by atomic mass is 33.1. The number of hydrogen-bond acceptors (Lipinski definition) is 28. The van der Waals surface area contributed by atoms with Gasteiger partial charge in [-0.25, -0.2) is 0 Å². The Morgan fingerprint density at radius 2 is 0.966 bits per heavy atom. The molecule has 48 nitrogen and oxygen atoms in total. The fraction of sp³-hybridized carbons (Fsp3) is 0.585. The number of carboxylic acid groups (broad SMARTS) is 2. The number of nitrogens with zero attached hydrogens (tertiary/aromatic N) is 1. The number of carboxylic acids is 2. The molecule has 3 saturated heterocycles. The molecule has 33 N–H and O–H groups in total. The highest BCUT2D eigenvalue weighted by Crippen LogP contribution is 2.27. The number of phenols is 1. The van der Waals surface area contributed by atoms with E-state index in [-0.39, 0.29) is 88.9 Å². The molecule has 52 heteroatoms. The molecule has 3 heterocycles. The van der Waals surface area contributed by atoms with E-state index in [4.69, 9.17) is 44.3 Å². The fourth-order valence-electron chi connectivity index (χ4n) is 11.0. The van der Waals surface area contributed by atoms with Gasteiger partial charge in [-0.3, -0.25) is 103 Å². The number of aliphatic hydroxyl groups excluding tert-OH is 1. The second-order valence-electron chi connectivity index (χ2n) is 26.4. The number of nitrogens with one attached hydrogen (secondary N) is 21. The molecule has 1 aromatic carbocycles. The average molecular weight is 1730 g/mol. The highest BCUT2D eigenvalue weighted by molar-refractivity contribution is 8.77. The molecule has 4 rings (SSSR count). The zero-order valence-corrected chi connectivity index (χ0v) is 66.9. The lowest BCUT2D eigenvalue weighted by Crippen LogP contribution is -2.61. The van der Waals surface area contributed by atoms with Crippen molar-refractivity contribution < 1.29 is 107 Å². The minimum absolute atomic E-state index is 0.0139. The fourth-order valence-corrected chi connectivity index (χ4v) is 15.7. The number of guanidine groups is 3. The van der Waals surface area contributed by atoms with Gasteiger partial charge in [0.15, 0.2) is 17.9 Å². The number of rotatable bonds is 30. The first-order valence-electron chi connectivity index (χ1n) is 36.4. The molecule has 0 aromatic heterocycles. The summed E-state index contributed by atoms with van der Waals surface area (Å²) in [6.45, 7) is -2.31. The SMILES string of the molecule is C[C@H](NC(=O)CNC(=O)[C@@H]1CSSC[C@H](NC(=O)CN)C(=O)N[C@H]2CSSC[C@H](NC(=O)[C@H](CCCNC(=N)N)NC(=O)[C@@H]3CCCN3C(=O)[C@H](CC(=O)O)NC(=O)[C@H](CO)NC2=O)C(=O)N[C@@H](CCCNC(=N)N)C(=O)N[C@@H](Cc2ccc(O)cc2)C(=O)N[C@@H](CCCNC(=N)N)C(=O)N1)C(=O)N[C@@H](C)C(=O)NCC(=O)NCC(=O)O. The Kier molecular flexibility index (Phi) is 42.6. The minimum atomic E-state index is -2.03. The quantitative estimate of drug-likeness (QED) is 0.0147. The van der Waals surface area contributed by atoms with Gasteiger partial charge in [-0.05, 0) is 82.9 Å². The molecule has 3 aliphatic rings. The molecular weight excluding hydrogens is 1630 g/mol. The number of hydrogen-bond donors (Lipinski definition) is 29. The highest BCUT2D eigenvalue weighted by Gasteiger charge is 2.42. The third-order valence-corrected chi connectivity index (χ3v) is 22.0. The Morgan fingerprint density at radius 3 is 1.50 bits per heavy atom. The van der Waals surface area contributed by atoms with E-state index in [0.29, 0.717) is 0 Å². The summed E-state index contributed by atoms with van der Waals surface area (Å²) in [5.41, 5.74) is 22.6. The minimum Gasteiger partial charge on any atom is -0.508 e. The number of aliphatic carboxylic acids is 2. The second-order valence-corrected chi connectivity index (χ2v) is 31.5.